The van der Waals surface area contributed by atoms with Crippen molar-refractivity contribution in [3.63, 3.8) is 0 Å². The van der Waals surface area contributed by atoms with Crippen molar-refractivity contribution in [3.8, 4) is 0 Å². The average Bonchev–Trinajstić information content (AvgIpc) is 3.07. The molecule has 0 aromatic heterocycles. The van der Waals surface area contributed by atoms with E-state index in [1.807, 2.05) is 0 Å². The standard InChI is InChI=1S/C16H24N2O/c19-11-15-6-2-4-13(15)9-17-10-14-5-1-3-12-7-8-18-16(12)14/h1,3,5,13,15,17-19H,2,4,6-11H2. The minimum absolute atomic E-state index is 0.356. The Kier molecular flexibility index (Phi) is 4.04. The molecule has 2 unspecified atom stereocenters. The summed E-state index contributed by atoms with van der Waals surface area (Å²) in [6.45, 7) is 3.40. The van der Waals surface area contributed by atoms with Crippen molar-refractivity contribution in [1.29, 1.82) is 0 Å². The topological polar surface area (TPSA) is 44.3 Å². The summed E-state index contributed by atoms with van der Waals surface area (Å²) in [5.41, 5.74) is 4.18. The molecule has 1 saturated carbocycles. The zero-order valence-corrected chi connectivity index (χ0v) is 11.5. The summed E-state index contributed by atoms with van der Waals surface area (Å²) in [5, 5.41) is 16.4. The zero-order valence-electron chi connectivity index (χ0n) is 11.5. The van der Waals surface area contributed by atoms with Crippen LogP contribution in [0.1, 0.15) is 30.4 Å². The van der Waals surface area contributed by atoms with E-state index in [0.717, 1.165) is 26.1 Å². The number of aliphatic hydroxyl groups excluding tert-OH is 1. The van der Waals surface area contributed by atoms with Crippen LogP contribution >= 0.6 is 0 Å². The molecule has 19 heavy (non-hydrogen) atoms. The molecule has 3 rings (SSSR count). The van der Waals surface area contributed by atoms with Gasteiger partial charge in [0, 0.05) is 25.4 Å². The Morgan fingerprint density at radius 1 is 1.26 bits per heavy atom. The maximum atomic E-state index is 9.34. The van der Waals surface area contributed by atoms with E-state index in [1.165, 1.54) is 36.1 Å². The number of hydrogen-bond donors (Lipinski definition) is 3. The fourth-order valence-corrected chi connectivity index (χ4v) is 3.57. The number of aliphatic hydroxyl groups is 1. The van der Waals surface area contributed by atoms with Gasteiger partial charge in [-0.1, -0.05) is 24.6 Å². The van der Waals surface area contributed by atoms with Crippen molar-refractivity contribution in [2.45, 2.75) is 32.2 Å². The van der Waals surface area contributed by atoms with Crippen LogP contribution in [0, 0.1) is 11.8 Å². The van der Waals surface area contributed by atoms with E-state index in [2.05, 4.69) is 28.8 Å². The highest BCUT2D eigenvalue weighted by Crippen LogP contribution is 2.31. The number of anilines is 1. The van der Waals surface area contributed by atoms with Crippen LogP contribution in [0.3, 0.4) is 0 Å². The molecule has 1 aliphatic heterocycles. The van der Waals surface area contributed by atoms with Gasteiger partial charge in [0.05, 0.1) is 0 Å². The van der Waals surface area contributed by atoms with Crippen LogP contribution < -0.4 is 10.6 Å². The molecule has 2 atom stereocenters. The van der Waals surface area contributed by atoms with Crippen molar-refractivity contribution >= 4 is 5.69 Å². The Bertz CT molecular complexity index is 433. The molecule has 2 aliphatic rings. The van der Waals surface area contributed by atoms with Gasteiger partial charge >= 0.3 is 0 Å². The van der Waals surface area contributed by atoms with E-state index in [-0.39, 0.29) is 0 Å². The van der Waals surface area contributed by atoms with Gasteiger partial charge in [0.1, 0.15) is 0 Å². The Balaban J connectivity index is 1.54. The molecule has 3 nitrogen and oxygen atoms in total. The summed E-state index contributed by atoms with van der Waals surface area (Å²) < 4.78 is 0. The third-order valence-electron chi connectivity index (χ3n) is 4.71. The van der Waals surface area contributed by atoms with Gasteiger partial charge in [0.2, 0.25) is 0 Å². The van der Waals surface area contributed by atoms with Crippen LogP contribution in [0.5, 0.6) is 0 Å². The monoisotopic (exact) mass is 260 g/mol. The minimum atomic E-state index is 0.356. The lowest BCUT2D eigenvalue weighted by Gasteiger charge is -2.18. The molecule has 1 aromatic rings. The van der Waals surface area contributed by atoms with Gasteiger partial charge in [-0.3, -0.25) is 0 Å². The number of benzene rings is 1. The predicted octanol–water partition coefficient (Wildman–Crippen LogP) is 2.15. The number of fused-ring (bicyclic) bond motifs is 1. The molecule has 1 aromatic carbocycles. The van der Waals surface area contributed by atoms with Crippen molar-refractivity contribution in [2.24, 2.45) is 11.8 Å². The van der Waals surface area contributed by atoms with Gasteiger partial charge in [0.25, 0.3) is 0 Å². The van der Waals surface area contributed by atoms with Gasteiger partial charge in [-0.2, -0.15) is 0 Å². The van der Waals surface area contributed by atoms with Gasteiger partial charge in [-0.15, -0.1) is 0 Å². The molecule has 1 fully saturated rings. The van der Waals surface area contributed by atoms with Crippen molar-refractivity contribution < 1.29 is 5.11 Å². The highest BCUT2D eigenvalue weighted by atomic mass is 16.3. The van der Waals surface area contributed by atoms with Gasteiger partial charge in [0.15, 0.2) is 0 Å². The van der Waals surface area contributed by atoms with Gasteiger partial charge in [-0.05, 0) is 48.8 Å². The predicted molar refractivity (Wildman–Crippen MR) is 78.3 cm³/mol. The first-order valence-corrected chi connectivity index (χ1v) is 7.54. The summed E-state index contributed by atoms with van der Waals surface area (Å²) in [5.74, 6) is 1.18. The van der Waals surface area contributed by atoms with Crippen LogP contribution in [0.4, 0.5) is 5.69 Å². The Morgan fingerprint density at radius 2 is 2.16 bits per heavy atom. The highest BCUT2D eigenvalue weighted by molar-refractivity contribution is 5.61. The van der Waals surface area contributed by atoms with Gasteiger partial charge < -0.3 is 15.7 Å². The number of hydrogen-bond acceptors (Lipinski definition) is 3. The Hall–Kier alpha value is -1.06. The fraction of sp³-hybridized carbons (Fsp3) is 0.625. The van der Waals surface area contributed by atoms with Crippen molar-refractivity contribution in [2.75, 3.05) is 25.0 Å². The zero-order chi connectivity index (χ0) is 13.1. The molecule has 0 saturated heterocycles. The average molecular weight is 260 g/mol. The van der Waals surface area contributed by atoms with Crippen LogP contribution in [-0.2, 0) is 13.0 Å². The first-order chi connectivity index (χ1) is 9.38. The maximum Gasteiger partial charge on any atom is 0.0462 e. The first-order valence-electron chi connectivity index (χ1n) is 7.54. The summed E-state index contributed by atoms with van der Waals surface area (Å²) in [7, 11) is 0. The number of rotatable bonds is 5. The normalized spacial score (nSPS) is 25.3. The molecule has 0 spiro atoms. The molecule has 1 aliphatic carbocycles. The molecule has 0 radical (unpaired) electrons. The molecule has 1 heterocycles. The third-order valence-corrected chi connectivity index (χ3v) is 4.71. The fourth-order valence-electron chi connectivity index (χ4n) is 3.57. The van der Waals surface area contributed by atoms with Crippen LogP contribution in [0.2, 0.25) is 0 Å². The second kappa shape index (κ2) is 5.93. The van der Waals surface area contributed by atoms with E-state index in [9.17, 15) is 5.11 Å². The smallest absolute Gasteiger partial charge is 0.0462 e. The Labute approximate surface area is 115 Å². The molecule has 3 N–H and O–H groups in total. The number of nitrogens with one attached hydrogen (secondary N) is 2. The first kappa shape index (κ1) is 12.9. The minimum Gasteiger partial charge on any atom is -0.396 e. The second-order valence-electron chi connectivity index (χ2n) is 5.89. The summed E-state index contributed by atoms with van der Waals surface area (Å²) in [4.78, 5) is 0. The SMILES string of the molecule is OCC1CCCC1CNCc1cccc2c1NCC2. The molecule has 0 amide bonds. The maximum absolute atomic E-state index is 9.34. The largest absolute Gasteiger partial charge is 0.396 e. The molecular weight excluding hydrogens is 236 g/mol. The lowest BCUT2D eigenvalue weighted by Crippen LogP contribution is -2.26. The van der Waals surface area contributed by atoms with E-state index in [1.54, 1.807) is 0 Å². The Morgan fingerprint density at radius 3 is 3.05 bits per heavy atom. The van der Waals surface area contributed by atoms with Crippen molar-refractivity contribution in [3.05, 3.63) is 29.3 Å². The lowest BCUT2D eigenvalue weighted by atomic mass is 9.97. The summed E-state index contributed by atoms with van der Waals surface area (Å²) in [6.07, 6.45) is 4.90. The lowest BCUT2D eigenvalue weighted by molar-refractivity contribution is 0.192. The molecule has 3 heteroatoms. The van der Waals surface area contributed by atoms with Crippen LogP contribution in [-0.4, -0.2) is 24.8 Å². The van der Waals surface area contributed by atoms with E-state index in [4.69, 9.17) is 0 Å². The highest BCUT2D eigenvalue weighted by Gasteiger charge is 2.26. The molecule has 0 bridgehead atoms. The van der Waals surface area contributed by atoms with E-state index in [0.29, 0.717) is 18.4 Å². The third kappa shape index (κ3) is 2.77. The van der Waals surface area contributed by atoms with Crippen molar-refractivity contribution in [1.82, 2.24) is 5.32 Å². The second-order valence-corrected chi connectivity index (χ2v) is 5.89. The summed E-state index contributed by atoms with van der Waals surface area (Å²) >= 11 is 0. The number of para-hydroxylation sites is 1. The van der Waals surface area contributed by atoms with Crippen LogP contribution in [0.25, 0.3) is 0 Å². The van der Waals surface area contributed by atoms with E-state index >= 15 is 0 Å². The molecular formula is C16H24N2O. The quantitative estimate of drug-likeness (QED) is 0.760. The van der Waals surface area contributed by atoms with E-state index < -0.39 is 0 Å². The van der Waals surface area contributed by atoms with Crippen LogP contribution in [0.15, 0.2) is 18.2 Å². The van der Waals surface area contributed by atoms with Gasteiger partial charge in [-0.25, -0.2) is 0 Å². The molecule has 104 valence electrons. The summed E-state index contributed by atoms with van der Waals surface area (Å²) in [6, 6.07) is 6.59.